The SMILES string of the molecule is COc1ccc(S(=O)(=O)C[C@@H](O)CN2CCCC2=O)cc1. The number of likely N-dealkylation sites (tertiary alicyclic amines) is 1. The van der Waals surface area contributed by atoms with Crippen LogP contribution in [0.3, 0.4) is 0 Å². The number of hydrogen-bond donors (Lipinski definition) is 1. The van der Waals surface area contributed by atoms with Gasteiger partial charge in [0.25, 0.3) is 0 Å². The zero-order chi connectivity index (χ0) is 15.5. The number of aliphatic hydroxyl groups excluding tert-OH is 1. The van der Waals surface area contributed by atoms with E-state index >= 15 is 0 Å². The van der Waals surface area contributed by atoms with E-state index in [1.54, 1.807) is 12.1 Å². The topological polar surface area (TPSA) is 83.9 Å². The van der Waals surface area contributed by atoms with Crippen molar-refractivity contribution in [3.63, 3.8) is 0 Å². The first-order valence-corrected chi connectivity index (χ1v) is 8.40. The number of sulfone groups is 1. The van der Waals surface area contributed by atoms with Gasteiger partial charge in [-0.25, -0.2) is 8.42 Å². The molecule has 1 heterocycles. The molecule has 0 aliphatic carbocycles. The van der Waals surface area contributed by atoms with E-state index in [-0.39, 0.29) is 17.3 Å². The van der Waals surface area contributed by atoms with Crippen molar-refractivity contribution < 1.29 is 23.1 Å². The monoisotopic (exact) mass is 313 g/mol. The Morgan fingerprint density at radius 3 is 2.52 bits per heavy atom. The van der Waals surface area contributed by atoms with Crippen LogP contribution < -0.4 is 4.74 Å². The van der Waals surface area contributed by atoms with Crippen molar-refractivity contribution in [2.24, 2.45) is 0 Å². The first-order chi connectivity index (χ1) is 9.92. The molecule has 1 fully saturated rings. The molecular formula is C14H19NO5S. The summed E-state index contributed by atoms with van der Waals surface area (Å²) in [5.41, 5.74) is 0. The van der Waals surface area contributed by atoms with E-state index in [2.05, 4.69) is 0 Å². The fourth-order valence-corrected chi connectivity index (χ4v) is 3.69. The highest BCUT2D eigenvalue weighted by molar-refractivity contribution is 7.91. The van der Waals surface area contributed by atoms with E-state index in [9.17, 15) is 18.3 Å². The van der Waals surface area contributed by atoms with Gasteiger partial charge in [-0.3, -0.25) is 4.79 Å². The Hall–Kier alpha value is -1.60. The van der Waals surface area contributed by atoms with Gasteiger partial charge in [0.2, 0.25) is 5.91 Å². The number of benzene rings is 1. The molecule has 116 valence electrons. The maximum Gasteiger partial charge on any atom is 0.222 e. The number of carbonyl (C=O) groups is 1. The molecule has 1 aromatic carbocycles. The molecule has 1 N–H and O–H groups in total. The smallest absolute Gasteiger partial charge is 0.222 e. The third kappa shape index (κ3) is 3.95. The van der Waals surface area contributed by atoms with Gasteiger partial charge in [0, 0.05) is 19.5 Å². The Labute approximate surface area is 124 Å². The van der Waals surface area contributed by atoms with Crippen molar-refractivity contribution >= 4 is 15.7 Å². The number of nitrogens with zero attached hydrogens (tertiary/aromatic N) is 1. The largest absolute Gasteiger partial charge is 0.497 e. The highest BCUT2D eigenvalue weighted by Gasteiger charge is 2.26. The molecule has 1 amide bonds. The van der Waals surface area contributed by atoms with E-state index in [4.69, 9.17) is 4.74 Å². The third-order valence-corrected chi connectivity index (χ3v) is 5.25. The van der Waals surface area contributed by atoms with Gasteiger partial charge in [-0.15, -0.1) is 0 Å². The number of aliphatic hydroxyl groups is 1. The summed E-state index contributed by atoms with van der Waals surface area (Å²) >= 11 is 0. The predicted octanol–water partition coefficient (Wildman–Crippen LogP) is 0.452. The molecule has 1 atom stereocenters. The third-order valence-electron chi connectivity index (χ3n) is 3.43. The minimum atomic E-state index is -3.59. The van der Waals surface area contributed by atoms with Crippen molar-refractivity contribution in [2.75, 3.05) is 26.0 Å². The standard InChI is InChI=1S/C14H19NO5S/c1-20-12-4-6-13(7-5-12)21(18,19)10-11(16)9-15-8-2-3-14(15)17/h4-7,11,16H,2-3,8-10H2,1H3/t11-/m0/s1. The summed E-state index contributed by atoms with van der Waals surface area (Å²) in [5, 5.41) is 9.93. The number of ether oxygens (including phenoxy) is 1. The van der Waals surface area contributed by atoms with Crippen LogP contribution >= 0.6 is 0 Å². The maximum absolute atomic E-state index is 12.2. The molecule has 0 spiro atoms. The molecule has 0 unspecified atom stereocenters. The second kappa shape index (κ2) is 6.44. The maximum atomic E-state index is 12.2. The normalized spacial score (nSPS) is 17.0. The van der Waals surface area contributed by atoms with Gasteiger partial charge in [0.05, 0.1) is 23.9 Å². The molecule has 0 radical (unpaired) electrons. The van der Waals surface area contributed by atoms with Crippen LogP contribution in [-0.4, -0.2) is 56.4 Å². The zero-order valence-corrected chi connectivity index (χ0v) is 12.7. The van der Waals surface area contributed by atoms with Gasteiger partial charge in [-0.05, 0) is 30.7 Å². The van der Waals surface area contributed by atoms with Gasteiger partial charge in [-0.2, -0.15) is 0 Å². The lowest BCUT2D eigenvalue weighted by molar-refractivity contribution is -0.128. The van der Waals surface area contributed by atoms with Gasteiger partial charge in [-0.1, -0.05) is 0 Å². The van der Waals surface area contributed by atoms with Crippen LogP contribution in [-0.2, 0) is 14.6 Å². The minimum absolute atomic E-state index is 0.0316. The predicted molar refractivity (Wildman–Crippen MR) is 76.9 cm³/mol. The van der Waals surface area contributed by atoms with E-state index in [1.165, 1.54) is 24.1 Å². The fourth-order valence-electron chi connectivity index (χ4n) is 2.34. The van der Waals surface area contributed by atoms with Crippen LogP contribution in [0.5, 0.6) is 5.75 Å². The van der Waals surface area contributed by atoms with Crippen molar-refractivity contribution in [2.45, 2.75) is 23.8 Å². The molecule has 0 aromatic heterocycles. The molecule has 6 nitrogen and oxygen atoms in total. The molecule has 1 saturated heterocycles. The van der Waals surface area contributed by atoms with Crippen LogP contribution in [0.15, 0.2) is 29.2 Å². The second-order valence-electron chi connectivity index (χ2n) is 5.05. The van der Waals surface area contributed by atoms with Gasteiger partial charge >= 0.3 is 0 Å². The number of hydrogen-bond acceptors (Lipinski definition) is 5. The summed E-state index contributed by atoms with van der Waals surface area (Å²) in [6.07, 6.45) is 0.147. The van der Waals surface area contributed by atoms with E-state index in [0.29, 0.717) is 18.7 Å². The average molecular weight is 313 g/mol. The lowest BCUT2D eigenvalue weighted by Crippen LogP contribution is -2.36. The van der Waals surface area contributed by atoms with Crippen LogP contribution in [0.4, 0.5) is 0 Å². The van der Waals surface area contributed by atoms with E-state index in [0.717, 1.165) is 6.42 Å². The Kier molecular flexibility index (Phi) is 4.84. The van der Waals surface area contributed by atoms with Crippen molar-refractivity contribution in [1.82, 2.24) is 4.90 Å². The number of β-amino-alcohol motifs (C(OH)–C–C–N with tert-alkyl or cyclic N) is 1. The molecule has 0 saturated carbocycles. The molecule has 0 bridgehead atoms. The lowest BCUT2D eigenvalue weighted by Gasteiger charge is -2.19. The second-order valence-corrected chi connectivity index (χ2v) is 7.09. The van der Waals surface area contributed by atoms with Crippen LogP contribution in [0, 0.1) is 0 Å². The Morgan fingerprint density at radius 2 is 2.00 bits per heavy atom. The van der Waals surface area contributed by atoms with Crippen molar-refractivity contribution in [3.05, 3.63) is 24.3 Å². The number of rotatable bonds is 6. The summed E-state index contributed by atoms with van der Waals surface area (Å²) in [7, 11) is -2.09. The lowest BCUT2D eigenvalue weighted by atomic mass is 10.3. The molecule has 1 aromatic rings. The van der Waals surface area contributed by atoms with Crippen LogP contribution in [0.1, 0.15) is 12.8 Å². The van der Waals surface area contributed by atoms with Crippen LogP contribution in [0.25, 0.3) is 0 Å². The fraction of sp³-hybridized carbons (Fsp3) is 0.500. The van der Waals surface area contributed by atoms with Gasteiger partial charge in [0.15, 0.2) is 9.84 Å². The molecule has 7 heteroatoms. The summed E-state index contributed by atoms with van der Waals surface area (Å²) < 4.78 is 29.4. The molecule has 1 aliphatic heterocycles. The minimum Gasteiger partial charge on any atom is -0.497 e. The highest BCUT2D eigenvalue weighted by Crippen LogP contribution is 2.18. The zero-order valence-electron chi connectivity index (χ0n) is 11.9. The Bertz CT molecular complexity index is 596. The Morgan fingerprint density at radius 1 is 1.33 bits per heavy atom. The van der Waals surface area contributed by atoms with Crippen LogP contribution in [0.2, 0.25) is 0 Å². The first-order valence-electron chi connectivity index (χ1n) is 6.75. The molecular weight excluding hydrogens is 294 g/mol. The summed E-state index contributed by atoms with van der Waals surface area (Å²) in [5.74, 6) is 0.136. The van der Waals surface area contributed by atoms with E-state index in [1.807, 2.05) is 0 Å². The van der Waals surface area contributed by atoms with E-state index < -0.39 is 21.7 Å². The molecule has 2 rings (SSSR count). The highest BCUT2D eigenvalue weighted by atomic mass is 32.2. The van der Waals surface area contributed by atoms with Crippen molar-refractivity contribution in [1.29, 1.82) is 0 Å². The summed E-state index contributed by atoms with van der Waals surface area (Å²) in [6, 6.07) is 6.01. The number of methoxy groups -OCH3 is 1. The summed E-state index contributed by atoms with van der Waals surface area (Å²) in [4.78, 5) is 13.1. The molecule has 1 aliphatic rings. The van der Waals surface area contributed by atoms with Crippen molar-refractivity contribution in [3.8, 4) is 5.75 Å². The summed E-state index contributed by atoms with van der Waals surface area (Å²) in [6.45, 7) is 0.646. The average Bonchev–Trinajstić information content (AvgIpc) is 2.83. The quantitative estimate of drug-likeness (QED) is 0.824. The Balaban J connectivity index is 2.00. The number of carbonyl (C=O) groups excluding carboxylic acids is 1. The van der Waals surface area contributed by atoms with Gasteiger partial charge < -0.3 is 14.7 Å². The molecule has 21 heavy (non-hydrogen) atoms. The first kappa shape index (κ1) is 15.8. The number of amides is 1. The van der Waals surface area contributed by atoms with Gasteiger partial charge in [0.1, 0.15) is 5.75 Å².